The zero-order valence-corrected chi connectivity index (χ0v) is 15.2. The molecule has 1 unspecified atom stereocenters. The smallest absolute Gasteiger partial charge is 0.312 e. The number of amides is 2. The van der Waals surface area contributed by atoms with Gasteiger partial charge in [0.25, 0.3) is 0 Å². The molecule has 0 aromatic rings. The van der Waals surface area contributed by atoms with Gasteiger partial charge in [-0.25, -0.2) is 8.42 Å². The zero-order chi connectivity index (χ0) is 17.6. The fourth-order valence-electron chi connectivity index (χ4n) is 2.38. The minimum absolute atomic E-state index is 0.0584. The average Bonchev–Trinajstić information content (AvgIpc) is 2.78. The highest BCUT2D eigenvalue weighted by Crippen LogP contribution is 2.18. The highest BCUT2D eigenvalue weighted by Gasteiger charge is 2.36. The van der Waals surface area contributed by atoms with Crippen molar-refractivity contribution in [1.29, 1.82) is 0 Å². The SMILES string of the molecule is CN(C)CCNC(=O)C(=O)N(CCN(C)C)C1CCS(=O)(=O)C1. The lowest BCUT2D eigenvalue weighted by Gasteiger charge is -2.29. The summed E-state index contributed by atoms with van der Waals surface area (Å²) in [7, 11) is 4.37. The molecule has 1 atom stereocenters. The molecule has 1 aliphatic rings. The van der Waals surface area contributed by atoms with Crippen LogP contribution in [-0.2, 0) is 19.4 Å². The standard InChI is InChI=1S/C14H28N4O4S/c1-16(2)7-6-15-13(19)14(20)18(9-8-17(3)4)12-5-10-23(21,22)11-12/h12H,5-11H2,1-4H3,(H,15,19). The van der Waals surface area contributed by atoms with E-state index < -0.39 is 27.7 Å². The maximum Gasteiger partial charge on any atom is 0.312 e. The fourth-order valence-corrected chi connectivity index (χ4v) is 4.11. The third kappa shape index (κ3) is 6.84. The Balaban J connectivity index is 2.70. The number of hydrogen-bond acceptors (Lipinski definition) is 6. The van der Waals surface area contributed by atoms with Crippen LogP contribution in [0.15, 0.2) is 0 Å². The molecule has 9 heteroatoms. The van der Waals surface area contributed by atoms with Gasteiger partial charge in [-0.15, -0.1) is 0 Å². The average molecular weight is 348 g/mol. The van der Waals surface area contributed by atoms with Crippen LogP contribution in [0, 0.1) is 0 Å². The first kappa shape index (κ1) is 19.9. The summed E-state index contributed by atoms with van der Waals surface area (Å²) in [5, 5.41) is 2.59. The van der Waals surface area contributed by atoms with Gasteiger partial charge >= 0.3 is 11.8 Å². The number of carbonyl (C=O) groups excluding carboxylic acids is 2. The van der Waals surface area contributed by atoms with Crippen molar-refractivity contribution in [3.63, 3.8) is 0 Å². The van der Waals surface area contributed by atoms with Crippen molar-refractivity contribution in [1.82, 2.24) is 20.0 Å². The number of nitrogens with one attached hydrogen (secondary N) is 1. The van der Waals surface area contributed by atoms with E-state index in [1.807, 2.05) is 38.0 Å². The van der Waals surface area contributed by atoms with Crippen molar-refractivity contribution in [2.45, 2.75) is 12.5 Å². The molecule has 2 amide bonds. The van der Waals surface area contributed by atoms with Crippen LogP contribution in [-0.4, -0.2) is 107 Å². The van der Waals surface area contributed by atoms with Crippen LogP contribution in [0.1, 0.15) is 6.42 Å². The van der Waals surface area contributed by atoms with Gasteiger partial charge in [-0.2, -0.15) is 0 Å². The molecule has 1 saturated heterocycles. The first-order valence-electron chi connectivity index (χ1n) is 7.71. The molecule has 23 heavy (non-hydrogen) atoms. The molecule has 1 aliphatic heterocycles. The zero-order valence-electron chi connectivity index (χ0n) is 14.4. The quantitative estimate of drug-likeness (QED) is 0.548. The van der Waals surface area contributed by atoms with Crippen LogP contribution in [0.3, 0.4) is 0 Å². The van der Waals surface area contributed by atoms with Crippen molar-refractivity contribution in [3.8, 4) is 0 Å². The Morgan fingerprint density at radius 3 is 2.13 bits per heavy atom. The summed E-state index contributed by atoms with van der Waals surface area (Å²) in [5.41, 5.74) is 0. The van der Waals surface area contributed by atoms with Crippen LogP contribution in [0.5, 0.6) is 0 Å². The van der Waals surface area contributed by atoms with Gasteiger partial charge in [-0.05, 0) is 34.6 Å². The largest absolute Gasteiger partial charge is 0.347 e. The molecular weight excluding hydrogens is 320 g/mol. The molecule has 0 bridgehead atoms. The molecular formula is C14H28N4O4S. The van der Waals surface area contributed by atoms with Crippen molar-refractivity contribution < 1.29 is 18.0 Å². The Kier molecular flexibility index (Phi) is 7.43. The van der Waals surface area contributed by atoms with E-state index in [-0.39, 0.29) is 11.5 Å². The number of hydrogen-bond donors (Lipinski definition) is 1. The van der Waals surface area contributed by atoms with E-state index >= 15 is 0 Å². The fraction of sp³-hybridized carbons (Fsp3) is 0.857. The first-order chi connectivity index (χ1) is 10.6. The molecule has 0 aliphatic carbocycles. The van der Waals surface area contributed by atoms with Gasteiger partial charge in [0.15, 0.2) is 9.84 Å². The molecule has 0 aromatic carbocycles. The Labute approximate surface area is 138 Å². The van der Waals surface area contributed by atoms with E-state index in [9.17, 15) is 18.0 Å². The van der Waals surface area contributed by atoms with Gasteiger partial charge in [0.1, 0.15) is 0 Å². The Morgan fingerprint density at radius 2 is 1.65 bits per heavy atom. The third-order valence-corrected chi connectivity index (χ3v) is 5.49. The Hall–Kier alpha value is -1.19. The van der Waals surface area contributed by atoms with Crippen LogP contribution in [0.4, 0.5) is 0 Å². The van der Waals surface area contributed by atoms with Crippen LogP contribution < -0.4 is 5.32 Å². The summed E-state index contributed by atoms with van der Waals surface area (Å²) in [6.45, 7) is 1.93. The third-order valence-electron chi connectivity index (χ3n) is 3.74. The van der Waals surface area contributed by atoms with Gasteiger partial charge in [-0.3, -0.25) is 9.59 Å². The lowest BCUT2D eigenvalue weighted by Crippen LogP contribution is -2.51. The lowest BCUT2D eigenvalue weighted by molar-refractivity contribution is -0.147. The lowest BCUT2D eigenvalue weighted by atomic mass is 10.2. The molecule has 0 spiro atoms. The van der Waals surface area contributed by atoms with Crippen LogP contribution in [0.2, 0.25) is 0 Å². The minimum Gasteiger partial charge on any atom is -0.347 e. The summed E-state index contributed by atoms with van der Waals surface area (Å²) < 4.78 is 23.3. The van der Waals surface area contributed by atoms with Gasteiger partial charge in [0.05, 0.1) is 11.5 Å². The summed E-state index contributed by atoms with van der Waals surface area (Å²) in [6.07, 6.45) is 0.395. The van der Waals surface area contributed by atoms with Crippen LogP contribution in [0.25, 0.3) is 0 Å². The maximum atomic E-state index is 12.4. The van der Waals surface area contributed by atoms with Gasteiger partial charge < -0.3 is 20.0 Å². The van der Waals surface area contributed by atoms with E-state index in [4.69, 9.17) is 0 Å². The van der Waals surface area contributed by atoms with Gasteiger partial charge in [0, 0.05) is 32.2 Å². The molecule has 1 N–H and O–H groups in total. The molecule has 1 fully saturated rings. The van der Waals surface area contributed by atoms with E-state index in [0.717, 1.165) is 0 Å². The number of carbonyl (C=O) groups is 2. The molecule has 0 radical (unpaired) electrons. The highest BCUT2D eigenvalue weighted by atomic mass is 32.2. The second-order valence-electron chi connectivity index (χ2n) is 6.42. The van der Waals surface area contributed by atoms with Crippen LogP contribution >= 0.6 is 0 Å². The van der Waals surface area contributed by atoms with E-state index in [1.54, 1.807) is 0 Å². The molecule has 1 rings (SSSR count). The summed E-state index contributed by atoms with van der Waals surface area (Å²) in [6, 6.07) is -0.410. The highest BCUT2D eigenvalue weighted by molar-refractivity contribution is 7.91. The Morgan fingerprint density at radius 1 is 1.04 bits per heavy atom. The monoisotopic (exact) mass is 348 g/mol. The van der Waals surface area contributed by atoms with E-state index in [0.29, 0.717) is 32.6 Å². The predicted octanol–water partition coefficient (Wildman–Crippen LogP) is -1.76. The summed E-state index contributed by atoms with van der Waals surface area (Å²) in [5.74, 6) is -1.30. The molecule has 134 valence electrons. The predicted molar refractivity (Wildman–Crippen MR) is 88.9 cm³/mol. The Bertz CT molecular complexity index is 519. The molecule has 1 heterocycles. The normalized spacial score (nSPS) is 20.0. The minimum atomic E-state index is -3.11. The number of rotatable bonds is 7. The molecule has 0 aromatic heterocycles. The second kappa shape index (κ2) is 8.60. The van der Waals surface area contributed by atoms with Crippen molar-refractivity contribution >= 4 is 21.7 Å². The number of nitrogens with zero attached hydrogens (tertiary/aromatic N) is 3. The topological polar surface area (TPSA) is 90.0 Å². The summed E-state index contributed by atoms with van der Waals surface area (Å²) in [4.78, 5) is 29.7. The van der Waals surface area contributed by atoms with Crippen molar-refractivity contribution in [2.75, 3.05) is 65.9 Å². The molecule has 8 nitrogen and oxygen atoms in total. The van der Waals surface area contributed by atoms with E-state index in [2.05, 4.69) is 5.32 Å². The van der Waals surface area contributed by atoms with Gasteiger partial charge in [-0.1, -0.05) is 0 Å². The van der Waals surface area contributed by atoms with Crippen molar-refractivity contribution in [2.24, 2.45) is 0 Å². The summed E-state index contributed by atoms with van der Waals surface area (Å²) >= 11 is 0. The first-order valence-corrected chi connectivity index (χ1v) is 9.53. The number of likely N-dealkylation sites (N-methyl/N-ethyl adjacent to an activating group) is 2. The maximum absolute atomic E-state index is 12.4. The van der Waals surface area contributed by atoms with Crippen molar-refractivity contribution in [3.05, 3.63) is 0 Å². The van der Waals surface area contributed by atoms with Gasteiger partial charge in [0.2, 0.25) is 0 Å². The number of sulfone groups is 1. The van der Waals surface area contributed by atoms with E-state index in [1.165, 1.54) is 4.90 Å². The molecule has 0 saturated carbocycles. The second-order valence-corrected chi connectivity index (χ2v) is 8.65.